The van der Waals surface area contributed by atoms with Crippen LogP contribution in [0.5, 0.6) is 0 Å². The fourth-order valence-corrected chi connectivity index (χ4v) is 3.73. The maximum atomic E-state index is 13.2. The topological polar surface area (TPSA) is 102 Å². The molecule has 0 spiro atoms. The standard InChI is InChI=1S/C20H23N5O3/c21-19(27)16-5-6-22-20(23-16)17-11-14-3-1-2-4-15(14)12-25(17)18(26)13-24-7-9-28-10-8-24/h1-6,17H,7-13H2,(H2,21,27). The van der Waals surface area contributed by atoms with E-state index in [0.717, 1.165) is 24.2 Å². The third kappa shape index (κ3) is 3.88. The van der Waals surface area contributed by atoms with Crippen molar-refractivity contribution in [3.63, 3.8) is 0 Å². The first kappa shape index (κ1) is 18.5. The van der Waals surface area contributed by atoms with Crippen LogP contribution >= 0.6 is 0 Å². The Hall–Kier alpha value is -2.84. The lowest BCUT2D eigenvalue weighted by molar-refractivity contribution is -0.137. The van der Waals surface area contributed by atoms with Gasteiger partial charge in [-0.2, -0.15) is 0 Å². The highest BCUT2D eigenvalue weighted by Gasteiger charge is 2.33. The van der Waals surface area contributed by atoms with Crippen molar-refractivity contribution < 1.29 is 14.3 Å². The number of amides is 2. The van der Waals surface area contributed by atoms with Crippen LogP contribution < -0.4 is 5.73 Å². The lowest BCUT2D eigenvalue weighted by Crippen LogP contribution is -2.47. The van der Waals surface area contributed by atoms with E-state index in [1.165, 1.54) is 12.3 Å². The van der Waals surface area contributed by atoms with E-state index in [2.05, 4.69) is 20.9 Å². The number of fused-ring (bicyclic) bond motifs is 1. The number of benzene rings is 1. The number of primary amides is 1. The Labute approximate surface area is 163 Å². The summed E-state index contributed by atoms with van der Waals surface area (Å²) in [5.74, 6) is -0.137. The number of rotatable bonds is 4. The molecule has 3 heterocycles. The summed E-state index contributed by atoms with van der Waals surface area (Å²) in [7, 11) is 0. The number of carbonyl (C=O) groups is 2. The summed E-state index contributed by atoms with van der Waals surface area (Å²) in [6.45, 7) is 3.60. The second kappa shape index (κ2) is 8.04. The summed E-state index contributed by atoms with van der Waals surface area (Å²) in [5.41, 5.74) is 7.82. The first-order chi connectivity index (χ1) is 13.6. The zero-order valence-electron chi connectivity index (χ0n) is 15.6. The van der Waals surface area contributed by atoms with E-state index in [0.29, 0.717) is 38.5 Å². The quantitative estimate of drug-likeness (QED) is 0.829. The zero-order valence-corrected chi connectivity index (χ0v) is 15.6. The Kier molecular flexibility index (Phi) is 5.31. The van der Waals surface area contributed by atoms with E-state index < -0.39 is 5.91 Å². The number of morpholine rings is 1. The highest BCUT2D eigenvalue weighted by atomic mass is 16.5. The van der Waals surface area contributed by atoms with Crippen molar-refractivity contribution in [3.8, 4) is 0 Å². The van der Waals surface area contributed by atoms with Gasteiger partial charge in [0.25, 0.3) is 5.91 Å². The van der Waals surface area contributed by atoms with Gasteiger partial charge in [0.05, 0.1) is 25.8 Å². The second-order valence-electron chi connectivity index (χ2n) is 7.06. The van der Waals surface area contributed by atoms with Gasteiger partial charge in [-0.25, -0.2) is 9.97 Å². The Bertz CT molecular complexity index is 882. The normalized spacial score (nSPS) is 19.9. The molecule has 4 rings (SSSR count). The summed E-state index contributed by atoms with van der Waals surface area (Å²) in [4.78, 5) is 37.3. The van der Waals surface area contributed by atoms with Crippen molar-refractivity contribution in [1.29, 1.82) is 0 Å². The lowest BCUT2D eigenvalue weighted by Gasteiger charge is -2.37. The van der Waals surface area contributed by atoms with Gasteiger partial charge >= 0.3 is 0 Å². The molecule has 0 radical (unpaired) electrons. The van der Waals surface area contributed by atoms with Gasteiger partial charge < -0.3 is 15.4 Å². The Balaban J connectivity index is 1.63. The highest BCUT2D eigenvalue weighted by molar-refractivity contribution is 5.90. The molecule has 2 aromatic rings. The van der Waals surface area contributed by atoms with Gasteiger partial charge in [-0.1, -0.05) is 24.3 Å². The third-order valence-electron chi connectivity index (χ3n) is 5.26. The van der Waals surface area contributed by atoms with E-state index in [4.69, 9.17) is 10.5 Å². The molecular weight excluding hydrogens is 358 g/mol. The number of nitrogens with zero attached hydrogens (tertiary/aromatic N) is 4. The molecule has 1 atom stereocenters. The van der Waals surface area contributed by atoms with E-state index in [-0.39, 0.29) is 17.6 Å². The van der Waals surface area contributed by atoms with Crippen LogP contribution in [-0.2, 0) is 22.5 Å². The molecule has 0 saturated carbocycles. The minimum Gasteiger partial charge on any atom is -0.379 e. The van der Waals surface area contributed by atoms with Crippen molar-refractivity contribution in [2.75, 3.05) is 32.8 Å². The van der Waals surface area contributed by atoms with Gasteiger partial charge in [0.2, 0.25) is 5.91 Å². The Morgan fingerprint density at radius 2 is 1.89 bits per heavy atom. The summed E-state index contributed by atoms with van der Waals surface area (Å²) in [6, 6.07) is 9.23. The molecule has 0 bridgehead atoms. The molecule has 1 fully saturated rings. The van der Waals surface area contributed by atoms with Crippen molar-refractivity contribution in [2.24, 2.45) is 5.73 Å². The molecular formula is C20H23N5O3. The van der Waals surface area contributed by atoms with Crippen molar-refractivity contribution in [1.82, 2.24) is 19.8 Å². The van der Waals surface area contributed by atoms with Gasteiger partial charge in [0, 0.05) is 32.3 Å². The molecule has 1 unspecified atom stereocenters. The molecule has 1 aromatic heterocycles. The van der Waals surface area contributed by atoms with Crippen LogP contribution in [-0.4, -0.2) is 64.4 Å². The van der Waals surface area contributed by atoms with E-state index >= 15 is 0 Å². The minimum atomic E-state index is -0.606. The zero-order chi connectivity index (χ0) is 19.5. The summed E-state index contributed by atoms with van der Waals surface area (Å²) >= 11 is 0. The number of aromatic nitrogens is 2. The first-order valence-electron chi connectivity index (χ1n) is 9.41. The van der Waals surface area contributed by atoms with Crippen LogP contribution in [0.25, 0.3) is 0 Å². The largest absolute Gasteiger partial charge is 0.379 e. The van der Waals surface area contributed by atoms with Crippen LogP contribution in [0.3, 0.4) is 0 Å². The molecule has 0 aliphatic carbocycles. The predicted molar refractivity (Wildman–Crippen MR) is 101 cm³/mol. The molecule has 2 amide bonds. The summed E-state index contributed by atoms with van der Waals surface area (Å²) in [6.07, 6.45) is 2.13. The van der Waals surface area contributed by atoms with Gasteiger partial charge in [-0.05, 0) is 17.2 Å². The molecule has 1 saturated heterocycles. The Morgan fingerprint density at radius 3 is 2.64 bits per heavy atom. The number of carbonyl (C=O) groups excluding carboxylic acids is 2. The fourth-order valence-electron chi connectivity index (χ4n) is 3.73. The van der Waals surface area contributed by atoms with Gasteiger partial charge in [-0.15, -0.1) is 0 Å². The number of nitrogens with two attached hydrogens (primary N) is 1. The average Bonchev–Trinajstić information content (AvgIpc) is 2.73. The van der Waals surface area contributed by atoms with Gasteiger partial charge in [0.15, 0.2) is 5.82 Å². The van der Waals surface area contributed by atoms with E-state index in [1.807, 2.05) is 23.1 Å². The number of hydrogen-bond acceptors (Lipinski definition) is 6. The smallest absolute Gasteiger partial charge is 0.267 e. The summed E-state index contributed by atoms with van der Waals surface area (Å²) < 4.78 is 5.37. The minimum absolute atomic E-state index is 0.0227. The molecule has 1 aromatic carbocycles. The third-order valence-corrected chi connectivity index (χ3v) is 5.26. The number of ether oxygens (including phenoxy) is 1. The molecule has 8 nitrogen and oxygen atoms in total. The van der Waals surface area contributed by atoms with E-state index in [9.17, 15) is 9.59 Å². The van der Waals surface area contributed by atoms with Crippen molar-refractivity contribution in [3.05, 3.63) is 59.2 Å². The molecule has 2 aliphatic rings. The second-order valence-corrected chi connectivity index (χ2v) is 7.06. The van der Waals surface area contributed by atoms with Gasteiger partial charge in [0.1, 0.15) is 5.69 Å². The maximum Gasteiger partial charge on any atom is 0.267 e. The van der Waals surface area contributed by atoms with Crippen LogP contribution in [0, 0.1) is 0 Å². The van der Waals surface area contributed by atoms with Crippen LogP contribution in [0.1, 0.15) is 33.5 Å². The molecule has 2 N–H and O–H groups in total. The average molecular weight is 381 g/mol. The van der Waals surface area contributed by atoms with E-state index in [1.54, 1.807) is 0 Å². The van der Waals surface area contributed by atoms with Gasteiger partial charge in [-0.3, -0.25) is 14.5 Å². The van der Waals surface area contributed by atoms with Crippen molar-refractivity contribution >= 4 is 11.8 Å². The van der Waals surface area contributed by atoms with Crippen LogP contribution in [0.15, 0.2) is 36.5 Å². The van der Waals surface area contributed by atoms with Crippen LogP contribution in [0.4, 0.5) is 0 Å². The predicted octanol–water partition coefficient (Wildman–Crippen LogP) is 0.534. The molecule has 28 heavy (non-hydrogen) atoms. The molecule has 2 aliphatic heterocycles. The molecule has 146 valence electrons. The first-order valence-corrected chi connectivity index (χ1v) is 9.41. The molecule has 8 heteroatoms. The summed E-state index contributed by atoms with van der Waals surface area (Å²) in [5, 5.41) is 0. The van der Waals surface area contributed by atoms with Crippen LogP contribution in [0.2, 0.25) is 0 Å². The highest BCUT2D eigenvalue weighted by Crippen LogP contribution is 2.32. The maximum absolute atomic E-state index is 13.2. The SMILES string of the molecule is NC(=O)c1ccnc(C2Cc3ccccc3CN2C(=O)CN2CCOCC2)n1. The fraction of sp³-hybridized carbons (Fsp3) is 0.400. The number of hydrogen-bond donors (Lipinski definition) is 1. The lowest BCUT2D eigenvalue weighted by atomic mass is 9.93. The van der Waals surface area contributed by atoms with Crippen molar-refractivity contribution in [2.45, 2.75) is 19.0 Å². The monoisotopic (exact) mass is 381 g/mol. The Morgan fingerprint density at radius 1 is 1.14 bits per heavy atom.